The lowest BCUT2D eigenvalue weighted by atomic mass is 10.0. The summed E-state index contributed by atoms with van der Waals surface area (Å²) in [6.07, 6.45) is 3.54. The number of methoxy groups -OCH3 is 1. The number of hydrogen-bond donors (Lipinski definition) is 1. The normalized spacial score (nSPS) is 17.7. The van der Waals surface area contributed by atoms with E-state index in [1.807, 2.05) is 30.3 Å². The van der Waals surface area contributed by atoms with Gasteiger partial charge in [-0.1, -0.05) is 18.6 Å². The summed E-state index contributed by atoms with van der Waals surface area (Å²) >= 11 is 0. The van der Waals surface area contributed by atoms with Crippen molar-refractivity contribution in [3.63, 3.8) is 0 Å². The molecular formula is C23H25NO4. The lowest BCUT2D eigenvalue weighted by Crippen LogP contribution is -2.36. The molecule has 0 spiro atoms. The number of aromatic hydroxyl groups is 1. The van der Waals surface area contributed by atoms with Crippen LogP contribution in [-0.2, 0) is 6.54 Å². The van der Waals surface area contributed by atoms with Crippen molar-refractivity contribution in [2.24, 2.45) is 0 Å². The first-order valence-electron chi connectivity index (χ1n) is 9.74. The Morgan fingerprint density at radius 2 is 1.96 bits per heavy atom. The molecule has 2 aromatic carbocycles. The van der Waals surface area contributed by atoms with E-state index >= 15 is 0 Å². The lowest BCUT2D eigenvalue weighted by molar-refractivity contribution is 0.151. The van der Waals surface area contributed by atoms with Crippen LogP contribution in [0.1, 0.15) is 31.7 Å². The second-order valence-electron chi connectivity index (χ2n) is 7.47. The number of ether oxygens (including phenoxy) is 1. The number of rotatable bonds is 4. The van der Waals surface area contributed by atoms with E-state index < -0.39 is 5.63 Å². The van der Waals surface area contributed by atoms with Gasteiger partial charge in [-0.2, -0.15) is 0 Å². The van der Waals surface area contributed by atoms with Gasteiger partial charge in [-0.05, 0) is 62.2 Å². The van der Waals surface area contributed by atoms with Gasteiger partial charge in [0.1, 0.15) is 17.1 Å². The van der Waals surface area contributed by atoms with Crippen LogP contribution < -0.4 is 10.4 Å². The zero-order valence-electron chi connectivity index (χ0n) is 16.3. The first-order chi connectivity index (χ1) is 13.6. The molecule has 5 nitrogen and oxygen atoms in total. The molecule has 1 aromatic heterocycles. The highest BCUT2D eigenvalue weighted by Gasteiger charge is 2.22. The maximum absolute atomic E-state index is 12.7. The van der Waals surface area contributed by atoms with Crippen molar-refractivity contribution in [1.29, 1.82) is 0 Å². The molecule has 0 radical (unpaired) electrons. The third-order valence-electron chi connectivity index (χ3n) is 5.68. The van der Waals surface area contributed by atoms with Gasteiger partial charge in [-0.15, -0.1) is 0 Å². The van der Waals surface area contributed by atoms with E-state index in [0.717, 1.165) is 36.1 Å². The predicted molar refractivity (Wildman–Crippen MR) is 110 cm³/mol. The first kappa shape index (κ1) is 18.6. The fourth-order valence-corrected chi connectivity index (χ4v) is 3.95. The van der Waals surface area contributed by atoms with Crippen molar-refractivity contribution in [3.05, 3.63) is 58.4 Å². The zero-order valence-corrected chi connectivity index (χ0v) is 16.3. The summed E-state index contributed by atoms with van der Waals surface area (Å²) in [5.41, 5.74) is 2.02. The minimum atomic E-state index is -0.406. The van der Waals surface area contributed by atoms with Crippen LogP contribution in [0.25, 0.3) is 22.1 Å². The second kappa shape index (κ2) is 7.68. The van der Waals surface area contributed by atoms with Gasteiger partial charge in [0.2, 0.25) is 0 Å². The fraction of sp³-hybridized carbons (Fsp3) is 0.348. The molecule has 4 rings (SSSR count). The van der Waals surface area contributed by atoms with Crippen molar-refractivity contribution >= 4 is 11.0 Å². The molecule has 1 aliphatic heterocycles. The van der Waals surface area contributed by atoms with E-state index in [1.165, 1.54) is 6.42 Å². The third kappa shape index (κ3) is 3.50. The first-order valence-corrected chi connectivity index (χ1v) is 9.74. The van der Waals surface area contributed by atoms with Gasteiger partial charge in [0, 0.05) is 18.0 Å². The molecule has 0 bridgehead atoms. The van der Waals surface area contributed by atoms with Crippen molar-refractivity contribution in [2.75, 3.05) is 13.7 Å². The number of piperidine rings is 1. The average Bonchev–Trinajstić information content (AvgIpc) is 2.71. The molecule has 1 fully saturated rings. The lowest BCUT2D eigenvalue weighted by Gasteiger charge is -2.33. The average molecular weight is 379 g/mol. The third-order valence-corrected chi connectivity index (χ3v) is 5.68. The summed E-state index contributed by atoms with van der Waals surface area (Å²) < 4.78 is 10.9. The molecule has 0 amide bonds. The standard InChI is InChI=1S/C23H25NO4/c1-15-5-3-4-12-24(15)14-20-21(25)11-8-17-13-19(23(26)28-22(17)20)16-6-9-18(27-2)10-7-16/h6-11,13,15,25H,3-5,12,14H2,1-2H3. The molecule has 1 unspecified atom stereocenters. The summed E-state index contributed by atoms with van der Waals surface area (Å²) in [5, 5.41) is 11.3. The summed E-state index contributed by atoms with van der Waals surface area (Å²) in [5.74, 6) is 0.905. The molecule has 146 valence electrons. The van der Waals surface area contributed by atoms with E-state index in [1.54, 1.807) is 19.2 Å². The number of hydrogen-bond acceptors (Lipinski definition) is 5. The van der Waals surface area contributed by atoms with Gasteiger partial charge < -0.3 is 14.3 Å². The van der Waals surface area contributed by atoms with Gasteiger partial charge in [0.05, 0.1) is 18.2 Å². The number of fused-ring (bicyclic) bond motifs is 1. The number of benzene rings is 2. The maximum Gasteiger partial charge on any atom is 0.344 e. The molecular weight excluding hydrogens is 354 g/mol. The second-order valence-corrected chi connectivity index (χ2v) is 7.47. The smallest absolute Gasteiger partial charge is 0.344 e. The highest BCUT2D eigenvalue weighted by molar-refractivity contribution is 5.85. The topological polar surface area (TPSA) is 62.9 Å². The van der Waals surface area contributed by atoms with Crippen molar-refractivity contribution in [2.45, 2.75) is 38.8 Å². The van der Waals surface area contributed by atoms with E-state index in [2.05, 4.69) is 11.8 Å². The maximum atomic E-state index is 12.7. The SMILES string of the molecule is COc1ccc(-c2cc3ccc(O)c(CN4CCCCC4C)c3oc2=O)cc1. The molecule has 1 atom stereocenters. The van der Waals surface area contributed by atoms with Crippen LogP contribution in [0.15, 0.2) is 51.7 Å². The van der Waals surface area contributed by atoms with Gasteiger partial charge >= 0.3 is 5.63 Å². The summed E-state index contributed by atoms with van der Waals surface area (Å²) in [4.78, 5) is 15.1. The van der Waals surface area contributed by atoms with Gasteiger partial charge in [0.15, 0.2) is 0 Å². The molecule has 2 heterocycles. The molecule has 1 N–H and O–H groups in total. The molecule has 5 heteroatoms. The Hall–Kier alpha value is -2.79. The molecule has 0 aliphatic carbocycles. The van der Waals surface area contributed by atoms with Gasteiger partial charge in [-0.25, -0.2) is 4.79 Å². The minimum absolute atomic E-state index is 0.172. The Labute approximate surface area is 164 Å². The molecule has 28 heavy (non-hydrogen) atoms. The summed E-state index contributed by atoms with van der Waals surface area (Å²) in [6.45, 7) is 3.78. The summed E-state index contributed by atoms with van der Waals surface area (Å²) in [7, 11) is 1.61. The minimum Gasteiger partial charge on any atom is -0.507 e. The number of phenols is 1. The highest BCUT2D eigenvalue weighted by atomic mass is 16.5. The predicted octanol–water partition coefficient (Wildman–Crippen LogP) is 4.55. The summed E-state index contributed by atoms with van der Waals surface area (Å²) in [6, 6.07) is 13.1. The Balaban J connectivity index is 1.76. The van der Waals surface area contributed by atoms with Crippen LogP contribution in [-0.4, -0.2) is 29.7 Å². The quantitative estimate of drug-likeness (QED) is 0.674. The van der Waals surface area contributed by atoms with Crippen molar-refractivity contribution in [3.8, 4) is 22.6 Å². The van der Waals surface area contributed by atoms with Crippen LogP contribution >= 0.6 is 0 Å². The van der Waals surface area contributed by atoms with Crippen molar-refractivity contribution < 1.29 is 14.3 Å². The molecule has 0 saturated carbocycles. The number of nitrogens with zero attached hydrogens (tertiary/aromatic N) is 1. The van der Waals surface area contributed by atoms with Gasteiger partial charge in [0.25, 0.3) is 0 Å². The Bertz CT molecular complexity index is 1040. The Morgan fingerprint density at radius 3 is 2.68 bits per heavy atom. The van der Waals surface area contributed by atoms with Gasteiger partial charge in [-0.3, -0.25) is 4.90 Å². The van der Waals surface area contributed by atoms with E-state index in [9.17, 15) is 9.90 Å². The Kier molecular flexibility index (Phi) is 5.09. The fourth-order valence-electron chi connectivity index (χ4n) is 3.95. The monoisotopic (exact) mass is 379 g/mol. The van der Waals surface area contributed by atoms with Crippen LogP contribution in [0.5, 0.6) is 11.5 Å². The van der Waals surface area contributed by atoms with E-state index in [-0.39, 0.29) is 5.75 Å². The molecule has 1 aliphatic rings. The van der Waals surface area contributed by atoms with Crippen LogP contribution in [0.4, 0.5) is 0 Å². The van der Waals surface area contributed by atoms with Crippen LogP contribution in [0.3, 0.4) is 0 Å². The van der Waals surface area contributed by atoms with E-state index in [4.69, 9.17) is 9.15 Å². The highest BCUT2D eigenvalue weighted by Crippen LogP contribution is 2.32. The number of likely N-dealkylation sites (tertiary alicyclic amines) is 1. The zero-order chi connectivity index (χ0) is 19.7. The van der Waals surface area contributed by atoms with Crippen LogP contribution in [0.2, 0.25) is 0 Å². The van der Waals surface area contributed by atoms with Crippen molar-refractivity contribution in [1.82, 2.24) is 4.90 Å². The number of phenolic OH excluding ortho intramolecular Hbond substituents is 1. The largest absolute Gasteiger partial charge is 0.507 e. The molecule has 3 aromatic rings. The Morgan fingerprint density at radius 1 is 1.18 bits per heavy atom. The van der Waals surface area contributed by atoms with Crippen LogP contribution in [0, 0.1) is 0 Å². The van der Waals surface area contributed by atoms with E-state index in [0.29, 0.717) is 29.3 Å². The molecule has 1 saturated heterocycles.